The van der Waals surface area contributed by atoms with Crippen LogP contribution >= 0.6 is 47.0 Å². The van der Waals surface area contributed by atoms with Crippen molar-refractivity contribution in [1.82, 2.24) is 10.6 Å². The predicted octanol–water partition coefficient (Wildman–Crippen LogP) is 4.13. The van der Waals surface area contributed by atoms with Crippen LogP contribution in [-0.2, 0) is 0 Å². The Morgan fingerprint density at radius 3 is 2.06 bits per heavy atom. The molecule has 0 radical (unpaired) electrons. The number of hydrogen-bond acceptors (Lipinski definition) is 6. The summed E-state index contributed by atoms with van der Waals surface area (Å²) in [4.78, 5) is 12.8. The molecular weight excluding hydrogens is 501 g/mol. The molecule has 8 nitrogen and oxygen atoms in total. The van der Waals surface area contributed by atoms with Crippen molar-refractivity contribution in [3.8, 4) is 23.0 Å². The van der Waals surface area contributed by atoms with Crippen molar-refractivity contribution in [3.63, 3.8) is 0 Å². The molecule has 174 valence electrons. The summed E-state index contributed by atoms with van der Waals surface area (Å²) in [5.41, 5.74) is 0.774. The molecule has 1 atom stereocenters. The molecule has 12 heteroatoms. The van der Waals surface area contributed by atoms with Crippen molar-refractivity contribution in [2.45, 2.75) is 9.96 Å². The van der Waals surface area contributed by atoms with E-state index in [1.165, 1.54) is 34.5 Å². The lowest BCUT2D eigenvalue weighted by molar-refractivity contribution is 0.0934. The van der Waals surface area contributed by atoms with E-state index < -0.39 is 15.9 Å². The molecule has 3 N–H and O–H groups in total. The Hall–Kier alpha value is -2.33. The third-order valence-electron chi connectivity index (χ3n) is 4.18. The fourth-order valence-corrected chi connectivity index (χ4v) is 3.15. The summed E-state index contributed by atoms with van der Waals surface area (Å²) in [7, 11) is 6.00. The van der Waals surface area contributed by atoms with E-state index in [2.05, 4.69) is 16.0 Å². The molecule has 0 aliphatic rings. The zero-order valence-electron chi connectivity index (χ0n) is 17.6. The Labute approximate surface area is 206 Å². The summed E-state index contributed by atoms with van der Waals surface area (Å²) in [6.07, 6.45) is -1.18. The molecule has 1 amide bonds. The maximum Gasteiger partial charge on any atom is 0.253 e. The van der Waals surface area contributed by atoms with Crippen LogP contribution in [0.4, 0.5) is 5.69 Å². The van der Waals surface area contributed by atoms with E-state index in [4.69, 9.17) is 66.0 Å². The van der Waals surface area contributed by atoms with Crippen LogP contribution in [0.2, 0.25) is 0 Å². The summed E-state index contributed by atoms with van der Waals surface area (Å²) in [6.45, 7) is 0. The van der Waals surface area contributed by atoms with Crippen molar-refractivity contribution < 1.29 is 23.7 Å². The summed E-state index contributed by atoms with van der Waals surface area (Å²) in [5.74, 6) is 1.40. The van der Waals surface area contributed by atoms with E-state index in [-0.39, 0.29) is 10.7 Å². The fraction of sp³-hybridized carbons (Fsp3) is 0.300. The highest BCUT2D eigenvalue weighted by atomic mass is 35.6. The van der Waals surface area contributed by atoms with E-state index in [1.807, 2.05) is 0 Å². The van der Waals surface area contributed by atoms with Crippen LogP contribution < -0.4 is 34.9 Å². The average molecular weight is 523 g/mol. The zero-order valence-corrected chi connectivity index (χ0v) is 20.7. The Morgan fingerprint density at radius 2 is 1.50 bits per heavy atom. The second kappa shape index (κ2) is 11.5. The van der Waals surface area contributed by atoms with Gasteiger partial charge in [-0.25, -0.2) is 0 Å². The van der Waals surface area contributed by atoms with Gasteiger partial charge in [0.15, 0.2) is 16.6 Å². The molecule has 0 saturated carbocycles. The molecule has 0 aromatic heterocycles. The fourth-order valence-electron chi connectivity index (χ4n) is 2.59. The predicted molar refractivity (Wildman–Crippen MR) is 130 cm³/mol. The molecule has 2 aromatic rings. The van der Waals surface area contributed by atoms with Gasteiger partial charge in [-0.1, -0.05) is 34.8 Å². The third-order valence-corrected chi connectivity index (χ3v) is 5.05. The van der Waals surface area contributed by atoms with E-state index >= 15 is 0 Å². The van der Waals surface area contributed by atoms with E-state index in [1.54, 1.807) is 30.3 Å². The van der Waals surface area contributed by atoms with Gasteiger partial charge in [-0.3, -0.25) is 4.79 Å². The molecule has 32 heavy (non-hydrogen) atoms. The van der Waals surface area contributed by atoms with Crippen LogP contribution in [0.3, 0.4) is 0 Å². The first-order valence-electron chi connectivity index (χ1n) is 9.02. The number of carbonyl (C=O) groups excluding carboxylic acids is 1. The monoisotopic (exact) mass is 521 g/mol. The number of methoxy groups -OCH3 is 4. The standard InChI is InChI=1S/C20H22Cl3N3O5S/c1-28-12-6-8-14(29-2)13(10-12)24-19(32)26-18(20(21,22)23)25-17(27)11-5-7-15(30-3)16(9-11)31-4/h5-10,18H,1-4H3,(H,25,27)(H2,24,26,32). The highest BCUT2D eigenvalue weighted by molar-refractivity contribution is 7.80. The minimum Gasteiger partial charge on any atom is -0.497 e. The largest absolute Gasteiger partial charge is 0.497 e. The van der Waals surface area contributed by atoms with Gasteiger partial charge in [-0.2, -0.15) is 0 Å². The topological polar surface area (TPSA) is 90.1 Å². The van der Waals surface area contributed by atoms with Gasteiger partial charge in [0.2, 0.25) is 3.79 Å². The van der Waals surface area contributed by atoms with E-state index in [9.17, 15) is 4.79 Å². The first-order valence-corrected chi connectivity index (χ1v) is 10.6. The lowest BCUT2D eigenvalue weighted by Crippen LogP contribution is -2.56. The van der Waals surface area contributed by atoms with Gasteiger partial charge in [-0.15, -0.1) is 0 Å². The number of nitrogens with one attached hydrogen (secondary N) is 3. The highest BCUT2D eigenvalue weighted by Crippen LogP contribution is 2.32. The van der Waals surface area contributed by atoms with Gasteiger partial charge in [0.1, 0.15) is 17.7 Å². The van der Waals surface area contributed by atoms with Crippen molar-refractivity contribution in [2.24, 2.45) is 0 Å². The number of amides is 1. The Balaban J connectivity index is 2.18. The number of rotatable bonds is 8. The zero-order chi connectivity index (χ0) is 23.9. The molecule has 0 saturated heterocycles. The average Bonchev–Trinajstić information content (AvgIpc) is 2.77. The molecule has 1 unspecified atom stereocenters. The van der Waals surface area contributed by atoms with Crippen molar-refractivity contribution >= 4 is 63.7 Å². The number of thiocarbonyl (C=S) groups is 1. The molecule has 0 spiro atoms. The van der Waals surface area contributed by atoms with Crippen molar-refractivity contribution in [3.05, 3.63) is 42.0 Å². The Bertz CT molecular complexity index is 972. The van der Waals surface area contributed by atoms with Gasteiger partial charge in [0.25, 0.3) is 5.91 Å². The van der Waals surface area contributed by atoms with Crippen LogP contribution in [0.15, 0.2) is 36.4 Å². The molecule has 0 aliphatic heterocycles. The number of alkyl halides is 3. The van der Waals surface area contributed by atoms with Crippen LogP contribution in [0.25, 0.3) is 0 Å². The second-order valence-corrected chi connectivity index (χ2v) is 8.96. The van der Waals surface area contributed by atoms with E-state index in [0.29, 0.717) is 28.7 Å². The summed E-state index contributed by atoms with van der Waals surface area (Å²) in [6, 6.07) is 9.75. The molecule has 2 rings (SSSR count). The number of benzene rings is 2. The van der Waals surface area contributed by atoms with Crippen LogP contribution in [0, 0.1) is 0 Å². The molecule has 0 heterocycles. The lowest BCUT2D eigenvalue weighted by atomic mass is 10.2. The first-order chi connectivity index (χ1) is 15.1. The maximum absolute atomic E-state index is 12.8. The molecular formula is C20H22Cl3N3O5S. The highest BCUT2D eigenvalue weighted by Gasteiger charge is 2.35. The first kappa shape index (κ1) is 25.9. The Kier molecular flexibility index (Phi) is 9.33. The lowest BCUT2D eigenvalue weighted by Gasteiger charge is -2.28. The van der Waals surface area contributed by atoms with Gasteiger partial charge < -0.3 is 34.9 Å². The van der Waals surface area contributed by atoms with E-state index in [0.717, 1.165) is 0 Å². The maximum atomic E-state index is 12.8. The number of hydrogen-bond donors (Lipinski definition) is 3. The summed E-state index contributed by atoms with van der Waals surface area (Å²) >= 11 is 23.5. The van der Waals surface area contributed by atoms with Crippen molar-refractivity contribution in [1.29, 1.82) is 0 Å². The van der Waals surface area contributed by atoms with Crippen molar-refractivity contribution in [2.75, 3.05) is 33.8 Å². The Morgan fingerprint density at radius 1 is 0.875 bits per heavy atom. The van der Waals surface area contributed by atoms with Crippen LogP contribution in [0.5, 0.6) is 23.0 Å². The molecule has 0 fully saturated rings. The SMILES string of the molecule is COc1ccc(OC)c(NC(=S)NC(NC(=O)c2ccc(OC)c(OC)c2)C(Cl)(Cl)Cl)c1. The normalized spacial score (nSPS) is 11.7. The summed E-state index contributed by atoms with van der Waals surface area (Å²) < 4.78 is 19.0. The molecule has 0 aliphatic carbocycles. The smallest absolute Gasteiger partial charge is 0.253 e. The van der Waals surface area contributed by atoms with Crippen LogP contribution in [-0.4, -0.2) is 49.4 Å². The minimum absolute atomic E-state index is 0.0699. The van der Waals surface area contributed by atoms with Gasteiger partial charge in [-0.05, 0) is 42.5 Å². The van der Waals surface area contributed by atoms with Gasteiger partial charge >= 0.3 is 0 Å². The molecule has 0 bridgehead atoms. The molecule has 2 aromatic carbocycles. The van der Waals surface area contributed by atoms with Gasteiger partial charge in [0, 0.05) is 11.6 Å². The summed E-state index contributed by atoms with van der Waals surface area (Å²) in [5, 5.41) is 8.40. The quantitative estimate of drug-likeness (QED) is 0.271. The van der Waals surface area contributed by atoms with Crippen LogP contribution in [0.1, 0.15) is 10.4 Å². The number of ether oxygens (including phenoxy) is 4. The third kappa shape index (κ3) is 6.83. The number of anilines is 1. The number of halogens is 3. The number of carbonyl (C=O) groups is 1. The van der Waals surface area contributed by atoms with Gasteiger partial charge in [0.05, 0.1) is 34.1 Å². The minimum atomic E-state index is -1.93. The second-order valence-electron chi connectivity index (χ2n) is 6.18.